The summed E-state index contributed by atoms with van der Waals surface area (Å²) in [6.07, 6.45) is 12.8. The average Bonchev–Trinajstić information content (AvgIpc) is 3.43. The highest BCUT2D eigenvalue weighted by Crippen LogP contribution is 2.43. The number of anilines is 10. The van der Waals surface area contributed by atoms with Gasteiger partial charge in [-0.15, -0.1) is 0 Å². The molecule has 0 fully saturated rings. The third-order valence-electron chi connectivity index (χ3n) is 14.3. The van der Waals surface area contributed by atoms with Crippen LogP contribution in [-0.2, 0) is 6.42 Å². The maximum atomic E-state index is 2.50. The first-order valence-corrected chi connectivity index (χ1v) is 25.2. The Morgan fingerprint density at radius 2 is 0.750 bits per heavy atom. The van der Waals surface area contributed by atoms with Gasteiger partial charge in [-0.05, 0) is 172 Å². The second kappa shape index (κ2) is 19.5. The van der Waals surface area contributed by atoms with Crippen LogP contribution in [0.2, 0.25) is 0 Å². The fraction of sp³-hybridized carbons (Fsp3) is 0.0882. The van der Waals surface area contributed by atoms with E-state index in [1.807, 2.05) is 0 Å². The van der Waals surface area contributed by atoms with Crippen LogP contribution in [0, 0.1) is 11.8 Å². The summed E-state index contributed by atoms with van der Waals surface area (Å²) in [4.78, 5) is 9.65. The molecule has 348 valence electrons. The predicted octanol–water partition coefficient (Wildman–Crippen LogP) is 18.6. The van der Waals surface area contributed by atoms with E-state index in [1.165, 1.54) is 38.4 Å². The number of rotatable bonds is 12. The van der Waals surface area contributed by atoms with Gasteiger partial charge in [-0.1, -0.05) is 159 Å². The molecule has 10 aromatic carbocycles. The molecule has 2 aliphatic rings. The summed E-state index contributed by atoms with van der Waals surface area (Å²) in [5, 5.41) is 4.90. The summed E-state index contributed by atoms with van der Waals surface area (Å²) in [5.74, 6) is 0.660. The highest BCUT2D eigenvalue weighted by Gasteiger charge is 2.29. The SMILES string of the molecule is CC1C=Cc2ccc(N(c3ccccc3)c3ccc(N(C4=CC(C)C(N(c5ccccc5)c5ccc6ccccc6c5)C=C4)c4ccc(N(c5ccccc5)c5ccc6ccccc6c5)cc4)cc3)cc2C1. The van der Waals surface area contributed by atoms with Crippen molar-refractivity contribution in [3.63, 3.8) is 0 Å². The van der Waals surface area contributed by atoms with Crippen LogP contribution in [-0.4, -0.2) is 6.04 Å². The number of hydrogen-bond acceptors (Lipinski definition) is 4. The minimum Gasteiger partial charge on any atom is -0.334 e. The first-order chi connectivity index (χ1) is 35.5. The van der Waals surface area contributed by atoms with Gasteiger partial charge < -0.3 is 19.6 Å². The predicted molar refractivity (Wildman–Crippen MR) is 307 cm³/mol. The number of hydrogen-bond donors (Lipinski definition) is 0. The van der Waals surface area contributed by atoms with Gasteiger partial charge in [0.1, 0.15) is 0 Å². The standard InChI is InChI=1S/C68H56N4/c1-49-26-27-53-30-32-66(48-56(53)44-49)70(58-22-8-4-9-23-58)61-36-40-63(41-37-61)71(62-38-34-60(35-39-62)69(57-20-6-3-7-21-57)65-31-28-51-16-12-14-18-54(51)46-65)64-42-43-68(50(2)45-64)72(59-24-10-5-11-25-59)67-33-29-52-17-13-15-19-55(52)47-67/h3-43,45-50,68H,44H2,1-2H3. The molecule has 0 aromatic heterocycles. The fourth-order valence-corrected chi connectivity index (χ4v) is 10.7. The number of benzene rings is 10. The van der Waals surface area contributed by atoms with E-state index in [9.17, 15) is 0 Å². The van der Waals surface area contributed by atoms with Crippen molar-refractivity contribution in [1.82, 2.24) is 0 Å². The fourth-order valence-electron chi connectivity index (χ4n) is 10.7. The Hall–Kier alpha value is -8.86. The lowest BCUT2D eigenvalue weighted by Crippen LogP contribution is -2.36. The van der Waals surface area contributed by atoms with E-state index < -0.39 is 0 Å². The maximum absolute atomic E-state index is 2.50. The molecule has 4 nitrogen and oxygen atoms in total. The van der Waals surface area contributed by atoms with Crippen molar-refractivity contribution in [3.05, 3.63) is 284 Å². The average molecular weight is 929 g/mol. The zero-order chi connectivity index (χ0) is 48.4. The van der Waals surface area contributed by atoms with Crippen molar-refractivity contribution in [2.45, 2.75) is 26.3 Å². The Kier molecular flexibility index (Phi) is 12.0. The molecule has 2 aliphatic carbocycles. The Bertz CT molecular complexity index is 3600. The van der Waals surface area contributed by atoms with Crippen LogP contribution in [0.3, 0.4) is 0 Å². The molecular weight excluding hydrogens is 873 g/mol. The molecule has 0 heterocycles. The van der Waals surface area contributed by atoms with Crippen LogP contribution in [0.25, 0.3) is 27.6 Å². The van der Waals surface area contributed by atoms with Gasteiger partial charge in [0.15, 0.2) is 0 Å². The van der Waals surface area contributed by atoms with Crippen LogP contribution in [0.5, 0.6) is 0 Å². The third kappa shape index (κ3) is 8.84. The first-order valence-electron chi connectivity index (χ1n) is 25.2. The first kappa shape index (κ1) is 44.4. The van der Waals surface area contributed by atoms with Gasteiger partial charge in [0.2, 0.25) is 0 Å². The summed E-state index contributed by atoms with van der Waals surface area (Å²) >= 11 is 0. The molecular formula is C68H56N4. The van der Waals surface area contributed by atoms with Crippen molar-refractivity contribution >= 4 is 84.5 Å². The topological polar surface area (TPSA) is 13.0 Å². The van der Waals surface area contributed by atoms with Gasteiger partial charge >= 0.3 is 0 Å². The Labute approximate surface area is 424 Å². The number of allylic oxidation sites excluding steroid dienone is 2. The summed E-state index contributed by atoms with van der Waals surface area (Å²) in [7, 11) is 0. The third-order valence-corrected chi connectivity index (χ3v) is 14.3. The van der Waals surface area contributed by atoms with Gasteiger partial charge in [0.05, 0.1) is 6.04 Å². The molecule has 0 spiro atoms. The van der Waals surface area contributed by atoms with Crippen LogP contribution in [0.4, 0.5) is 56.9 Å². The van der Waals surface area contributed by atoms with Crippen molar-refractivity contribution in [2.75, 3.05) is 19.6 Å². The number of para-hydroxylation sites is 3. The quantitative estimate of drug-likeness (QED) is 0.121. The van der Waals surface area contributed by atoms with E-state index in [1.54, 1.807) is 0 Å². The summed E-state index contributed by atoms with van der Waals surface area (Å²) in [5.41, 5.74) is 15.0. The minimum atomic E-state index is 0.0693. The Morgan fingerprint density at radius 3 is 1.29 bits per heavy atom. The highest BCUT2D eigenvalue weighted by atomic mass is 15.2. The monoisotopic (exact) mass is 928 g/mol. The normalized spacial score (nSPS) is 16.0. The molecule has 12 rings (SSSR count). The van der Waals surface area contributed by atoms with E-state index in [0.717, 1.165) is 63.3 Å². The van der Waals surface area contributed by atoms with Crippen molar-refractivity contribution < 1.29 is 0 Å². The molecule has 0 saturated heterocycles. The molecule has 10 aromatic rings. The Balaban J connectivity index is 0.946. The van der Waals surface area contributed by atoms with Crippen LogP contribution < -0.4 is 19.6 Å². The van der Waals surface area contributed by atoms with Crippen LogP contribution >= 0.6 is 0 Å². The van der Waals surface area contributed by atoms with Crippen molar-refractivity contribution in [2.24, 2.45) is 11.8 Å². The largest absolute Gasteiger partial charge is 0.334 e. The zero-order valence-electron chi connectivity index (χ0n) is 40.7. The summed E-state index contributed by atoms with van der Waals surface area (Å²) in [6.45, 7) is 4.65. The molecule has 72 heavy (non-hydrogen) atoms. The van der Waals surface area contributed by atoms with E-state index >= 15 is 0 Å². The maximum Gasteiger partial charge on any atom is 0.0586 e. The molecule has 0 bridgehead atoms. The van der Waals surface area contributed by atoms with Gasteiger partial charge in [-0.25, -0.2) is 0 Å². The number of nitrogens with zero attached hydrogens (tertiary/aromatic N) is 4. The van der Waals surface area contributed by atoms with Crippen molar-refractivity contribution in [3.8, 4) is 0 Å². The van der Waals surface area contributed by atoms with Crippen molar-refractivity contribution in [1.29, 1.82) is 0 Å². The van der Waals surface area contributed by atoms with Gasteiger partial charge in [-0.2, -0.15) is 0 Å². The lowest BCUT2D eigenvalue weighted by atomic mass is 9.90. The summed E-state index contributed by atoms with van der Waals surface area (Å²) < 4.78 is 0. The lowest BCUT2D eigenvalue weighted by molar-refractivity contribution is 0.604. The molecule has 0 radical (unpaired) electrons. The molecule has 0 amide bonds. The summed E-state index contributed by atoms with van der Waals surface area (Å²) in [6, 6.07) is 88.2. The second-order valence-corrected chi connectivity index (χ2v) is 19.2. The lowest BCUT2D eigenvalue weighted by Gasteiger charge is -2.38. The molecule has 4 heteroatoms. The van der Waals surface area contributed by atoms with Crippen LogP contribution in [0.15, 0.2) is 273 Å². The molecule has 0 saturated carbocycles. The molecule has 3 atom stereocenters. The van der Waals surface area contributed by atoms with Gasteiger partial charge in [0, 0.05) is 68.5 Å². The minimum absolute atomic E-state index is 0.0693. The smallest absolute Gasteiger partial charge is 0.0586 e. The molecule has 0 aliphatic heterocycles. The molecule has 3 unspecified atom stereocenters. The Morgan fingerprint density at radius 1 is 0.333 bits per heavy atom. The van der Waals surface area contributed by atoms with E-state index in [4.69, 9.17) is 0 Å². The zero-order valence-corrected chi connectivity index (χ0v) is 40.7. The van der Waals surface area contributed by atoms with Gasteiger partial charge in [0.25, 0.3) is 0 Å². The highest BCUT2D eigenvalue weighted by molar-refractivity contribution is 5.90. The number of fused-ring (bicyclic) bond motifs is 3. The van der Waals surface area contributed by atoms with E-state index in [-0.39, 0.29) is 12.0 Å². The van der Waals surface area contributed by atoms with E-state index in [0.29, 0.717) is 5.92 Å². The van der Waals surface area contributed by atoms with Crippen LogP contribution in [0.1, 0.15) is 25.0 Å². The van der Waals surface area contributed by atoms with E-state index in [2.05, 4.69) is 306 Å². The second-order valence-electron chi connectivity index (χ2n) is 19.2. The molecule has 0 N–H and O–H groups in total. The van der Waals surface area contributed by atoms with Gasteiger partial charge in [-0.3, -0.25) is 0 Å².